The van der Waals surface area contributed by atoms with Crippen molar-refractivity contribution in [2.75, 3.05) is 19.5 Å². The quantitative estimate of drug-likeness (QED) is 0.701. The molecule has 1 aromatic heterocycles. The minimum Gasteiger partial charge on any atom is -0.497 e. The molecule has 134 valence electrons. The van der Waals surface area contributed by atoms with E-state index in [1.807, 2.05) is 36.4 Å². The van der Waals surface area contributed by atoms with Gasteiger partial charge in [0.05, 0.1) is 19.9 Å². The van der Waals surface area contributed by atoms with Crippen LogP contribution in [0.5, 0.6) is 11.5 Å². The van der Waals surface area contributed by atoms with E-state index >= 15 is 0 Å². The number of carbonyl (C=O) groups excluding carboxylic acids is 1. The standard InChI is InChI=1S/C19H19N3O4/c1-24-14-7-5-6-13(12-14)19-22-21-18(26-19)11-10-17(23)20-15-8-3-4-9-16(15)25-2/h3-9,12H,10-11H2,1-2H3,(H,20,23). The van der Waals surface area contributed by atoms with Gasteiger partial charge in [-0.15, -0.1) is 10.2 Å². The molecule has 0 bridgehead atoms. The molecule has 7 nitrogen and oxygen atoms in total. The van der Waals surface area contributed by atoms with Crippen LogP contribution in [0.2, 0.25) is 0 Å². The van der Waals surface area contributed by atoms with E-state index in [4.69, 9.17) is 13.9 Å². The SMILES string of the molecule is COc1cccc(-c2nnc(CCC(=O)Nc3ccccc3OC)o2)c1. The summed E-state index contributed by atoms with van der Waals surface area (Å²) in [5.41, 5.74) is 1.39. The average Bonchev–Trinajstić information content (AvgIpc) is 3.16. The van der Waals surface area contributed by atoms with Crippen molar-refractivity contribution in [2.24, 2.45) is 0 Å². The van der Waals surface area contributed by atoms with Gasteiger partial charge in [0.2, 0.25) is 17.7 Å². The van der Waals surface area contributed by atoms with Crippen molar-refractivity contribution < 1.29 is 18.7 Å². The first-order chi connectivity index (χ1) is 12.7. The van der Waals surface area contributed by atoms with E-state index in [1.54, 1.807) is 26.4 Å². The van der Waals surface area contributed by atoms with Gasteiger partial charge in [0.25, 0.3) is 0 Å². The molecule has 0 saturated heterocycles. The summed E-state index contributed by atoms with van der Waals surface area (Å²) in [7, 11) is 3.15. The molecule has 7 heteroatoms. The Hall–Kier alpha value is -3.35. The molecular formula is C19H19N3O4. The van der Waals surface area contributed by atoms with Crippen molar-refractivity contribution >= 4 is 11.6 Å². The van der Waals surface area contributed by atoms with Crippen LogP contribution in [0.25, 0.3) is 11.5 Å². The Kier molecular flexibility index (Phi) is 5.48. The van der Waals surface area contributed by atoms with Crippen LogP contribution < -0.4 is 14.8 Å². The highest BCUT2D eigenvalue weighted by Gasteiger charge is 2.12. The van der Waals surface area contributed by atoms with Crippen molar-refractivity contribution in [3.63, 3.8) is 0 Å². The highest BCUT2D eigenvalue weighted by Crippen LogP contribution is 2.24. The molecule has 1 N–H and O–H groups in total. The Balaban J connectivity index is 1.60. The summed E-state index contributed by atoms with van der Waals surface area (Å²) in [6.07, 6.45) is 0.565. The average molecular weight is 353 g/mol. The zero-order valence-electron chi connectivity index (χ0n) is 14.6. The Morgan fingerprint density at radius 1 is 1.08 bits per heavy atom. The lowest BCUT2D eigenvalue weighted by atomic mass is 10.2. The van der Waals surface area contributed by atoms with Crippen LogP contribution in [0, 0.1) is 0 Å². The van der Waals surface area contributed by atoms with Crippen LogP contribution in [0.15, 0.2) is 52.9 Å². The molecule has 3 rings (SSSR count). The predicted molar refractivity (Wildman–Crippen MR) is 96.2 cm³/mol. The number of ether oxygens (including phenoxy) is 2. The lowest BCUT2D eigenvalue weighted by Crippen LogP contribution is -2.13. The highest BCUT2D eigenvalue weighted by atomic mass is 16.5. The molecule has 0 saturated carbocycles. The summed E-state index contributed by atoms with van der Waals surface area (Å²) in [6, 6.07) is 14.6. The maximum atomic E-state index is 12.1. The van der Waals surface area contributed by atoms with E-state index in [0.717, 1.165) is 5.56 Å². The molecular weight excluding hydrogens is 334 g/mol. The van der Waals surface area contributed by atoms with Crippen LogP contribution in [0.3, 0.4) is 0 Å². The topological polar surface area (TPSA) is 86.5 Å². The second-order valence-electron chi connectivity index (χ2n) is 5.48. The number of amides is 1. The monoisotopic (exact) mass is 353 g/mol. The largest absolute Gasteiger partial charge is 0.497 e. The summed E-state index contributed by atoms with van der Waals surface area (Å²) < 4.78 is 16.0. The number of aromatic nitrogens is 2. The fourth-order valence-electron chi connectivity index (χ4n) is 2.41. The van der Waals surface area contributed by atoms with E-state index in [-0.39, 0.29) is 12.3 Å². The zero-order chi connectivity index (χ0) is 18.4. The molecule has 2 aromatic carbocycles. The zero-order valence-corrected chi connectivity index (χ0v) is 14.6. The number of methoxy groups -OCH3 is 2. The number of nitrogens with zero attached hydrogens (tertiary/aromatic N) is 2. The van der Waals surface area contributed by atoms with Crippen LogP contribution >= 0.6 is 0 Å². The molecule has 0 fully saturated rings. The van der Waals surface area contributed by atoms with Gasteiger partial charge in [-0.3, -0.25) is 4.79 Å². The van der Waals surface area contributed by atoms with Gasteiger partial charge < -0.3 is 19.2 Å². The molecule has 0 spiro atoms. The number of hydrogen-bond acceptors (Lipinski definition) is 6. The first-order valence-corrected chi connectivity index (χ1v) is 8.09. The van der Waals surface area contributed by atoms with Gasteiger partial charge in [-0.2, -0.15) is 0 Å². The van der Waals surface area contributed by atoms with Gasteiger partial charge in [0.1, 0.15) is 11.5 Å². The van der Waals surface area contributed by atoms with Gasteiger partial charge in [-0.05, 0) is 30.3 Å². The van der Waals surface area contributed by atoms with Crippen molar-refractivity contribution in [1.29, 1.82) is 0 Å². The second kappa shape index (κ2) is 8.15. The van der Waals surface area contributed by atoms with Crippen LogP contribution in [-0.2, 0) is 11.2 Å². The summed E-state index contributed by atoms with van der Waals surface area (Å²) in [6.45, 7) is 0. The smallest absolute Gasteiger partial charge is 0.247 e. The van der Waals surface area contributed by atoms with Crippen molar-refractivity contribution in [3.05, 3.63) is 54.4 Å². The number of para-hydroxylation sites is 2. The Morgan fingerprint density at radius 3 is 2.73 bits per heavy atom. The molecule has 0 aliphatic heterocycles. The van der Waals surface area contributed by atoms with Crippen LogP contribution in [0.1, 0.15) is 12.3 Å². The summed E-state index contributed by atoms with van der Waals surface area (Å²) in [5, 5.41) is 10.8. The third-order valence-corrected chi connectivity index (χ3v) is 3.73. The number of aryl methyl sites for hydroxylation is 1. The van der Waals surface area contributed by atoms with Gasteiger partial charge in [0.15, 0.2) is 0 Å². The molecule has 0 atom stereocenters. The maximum Gasteiger partial charge on any atom is 0.247 e. The molecule has 0 unspecified atom stereocenters. The number of benzene rings is 2. The number of rotatable bonds is 7. The van der Waals surface area contributed by atoms with Gasteiger partial charge in [0, 0.05) is 18.4 Å². The number of carbonyl (C=O) groups is 1. The van der Waals surface area contributed by atoms with Crippen LogP contribution in [0.4, 0.5) is 5.69 Å². The number of nitrogens with one attached hydrogen (secondary N) is 1. The molecule has 0 radical (unpaired) electrons. The third kappa shape index (κ3) is 4.18. The molecule has 26 heavy (non-hydrogen) atoms. The Morgan fingerprint density at radius 2 is 1.92 bits per heavy atom. The van der Waals surface area contributed by atoms with E-state index in [9.17, 15) is 4.79 Å². The first-order valence-electron chi connectivity index (χ1n) is 8.09. The normalized spacial score (nSPS) is 10.4. The van der Waals surface area contributed by atoms with E-state index in [1.165, 1.54) is 0 Å². The molecule has 0 aliphatic rings. The minimum absolute atomic E-state index is 0.157. The van der Waals surface area contributed by atoms with Gasteiger partial charge >= 0.3 is 0 Å². The second-order valence-corrected chi connectivity index (χ2v) is 5.48. The predicted octanol–water partition coefficient (Wildman–Crippen LogP) is 3.33. The molecule has 3 aromatic rings. The Labute approximate surface area is 151 Å². The highest BCUT2D eigenvalue weighted by molar-refractivity contribution is 5.92. The summed E-state index contributed by atoms with van der Waals surface area (Å²) in [5.74, 6) is 1.95. The molecule has 1 heterocycles. The lowest BCUT2D eigenvalue weighted by Gasteiger charge is -2.09. The number of anilines is 1. The van der Waals surface area contributed by atoms with Crippen molar-refractivity contribution in [2.45, 2.75) is 12.8 Å². The van der Waals surface area contributed by atoms with Crippen molar-refractivity contribution in [3.8, 4) is 23.0 Å². The van der Waals surface area contributed by atoms with E-state index in [0.29, 0.717) is 35.4 Å². The van der Waals surface area contributed by atoms with E-state index in [2.05, 4.69) is 15.5 Å². The molecule has 1 amide bonds. The third-order valence-electron chi connectivity index (χ3n) is 3.73. The molecule has 0 aliphatic carbocycles. The van der Waals surface area contributed by atoms with Crippen molar-refractivity contribution in [1.82, 2.24) is 10.2 Å². The number of hydrogen-bond donors (Lipinski definition) is 1. The van der Waals surface area contributed by atoms with E-state index < -0.39 is 0 Å². The van der Waals surface area contributed by atoms with Gasteiger partial charge in [-0.25, -0.2) is 0 Å². The summed E-state index contributed by atoms with van der Waals surface area (Å²) >= 11 is 0. The van der Waals surface area contributed by atoms with Gasteiger partial charge in [-0.1, -0.05) is 18.2 Å². The summed E-state index contributed by atoms with van der Waals surface area (Å²) in [4.78, 5) is 12.1. The van der Waals surface area contributed by atoms with Crippen LogP contribution in [-0.4, -0.2) is 30.3 Å². The first kappa shape index (κ1) is 17.5. The lowest BCUT2D eigenvalue weighted by molar-refractivity contribution is -0.116. The minimum atomic E-state index is -0.157. The Bertz CT molecular complexity index is 892. The fourth-order valence-corrected chi connectivity index (χ4v) is 2.41. The fraction of sp³-hybridized carbons (Fsp3) is 0.211. The maximum absolute atomic E-state index is 12.1.